The van der Waals surface area contributed by atoms with Gasteiger partial charge in [0.05, 0.1) is 5.60 Å². The Balaban J connectivity index is 1.77. The molecule has 1 saturated carbocycles. The second-order valence-electron chi connectivity index (χ2n) is 6.02. The topological polar surface area (TPSA) is 23.5 Å². The molecule has 0 spiro atoms. The fraction of sp³-hybridized carbons (Fsp3) is 1.00. The Morgan fingerprint density at radius 3 is 2.94 bits per heavy atom. The van der Waals surface area contributed by atoms with E-state index in [1.807, 2.05) is 11.8 Å². The molecule has 1 aliphatic heterocycles. The zero-order valence-corrected chi connectivity index (χ0v) is 12.1. The number of fused-ring (bicyclic) bond motifs is 1. The Labute approximate surface area is 110 Å². The molecule has 0 aromatic carbocycles. The van der Waals surface area contributed by atoms with Crippen molar-refractivity contribution < 1.29 is 5.11 Å². The summed E-state index contributed by atoms with van der Waals surface area (Å²) in [6, 6.07) is 0. The molecule has 0 amide bonds. The predicted octanol–water partition coefficient (Wildman–Crippen LogP) is 2.76. The fourth-order valence-corrected chi connectivity index (χ4v) is 4.10. The summed E-state index contributed by atoms with van der Waals surface area (Å²) in [5.74, 6) is 1.79. The van der Waals surface area contributed by atoms with Crippen LogP contribution in [0.1, 0.15) is 46.0 Å². The van der Waals surface area contributed by atoms with Crippen molar-refractivity contribution in [2.45, 2.75) is 56.8 Å². The minimum absolute atomic E-state index is 0.306. The number of thioether (sulfide) groups is 1. The first kappa shape index (κ1) is 13.7. The van der Waals surface area contributed by atoms with Crippen molar-refractivity contribution in [1.29, 1.82) is 0 Å². The van der Waals surface area contributed by atoms with Gasteiger partial charge in [-0.3, -0.25) is 0 Å². The van der Waals surface area contributed by atoms with E-state index < -0.39 is 0 Å². The van der Waals surface area contributed by atoms with Crippen LogP contribution in [0.25, 0.3) is 0 Å². The molecular weight excluding hydrogens is 230 g/mol. The lowest BCUT2D eigenvalue weighted by molar-refractivity contribution is -0.0942. The van der Waals surface area contributed by atoms with Crippen molar-refractivity contribution in [3.05, 3.63) is 0 Å². The molecule has 17 heavy (non-hydrogen) atoms. The first-order valence-corrected chi connectivity index (χ1v) is 8.21. The second kappa shape index (κ2) is 5.94. The summed E-state index contributed by atoms with van der Waals surface area (Å²) >= 11 is 2.05. The van der Waals surface area contributed by atoms with Crippen molar-refractivity contribution in [1.82, 2.24) is 4.90 Å². The molecule has 2 atom stereocenters. The Bertz CT molecular complexity index is 246. The van der Waals surface area contributed by atoms with Crippen LogP contribution in [0.3, 0.4) is 0 Å². The van der Waals surface area contributed by atoms with Crippen molar-refractivity contribution >= 4 is 11.8 Å². The van der Waals surface area contributed by atoms with Gasteiger partial charge in [-0.2, -0.15) is 11.8 Å². The minimum Gasteiger partial charge on any atom is -0.390 e. The van der Waals surface area contributed by atoms with E-state index in [2.05, 4.69) is 18.7 Å². The number of piperidine rings is 1. The van der Waals surface area contributed by atoms with E-state index in [9.17, 15) is 5.11 Å². The van der Waals surface area contributed by atoms with E-state index >= 15 is 0 Å². The first-order chi connectivity index (χ1) is 8.10. The van der Waals surface area contributed by atoms with Gasteiger partial charge < -0.3 is 10.0 Å². The van der Waals surface area contributed by atoms with Gasteiger partial charge in [0.1, 0.15) is 0 Å². The molecule has 0 bridgehead atoms. The smallest absolute Gasteiger partial charge is 0.0700 e. The number of hydrogen-bond donors (Lipinski definition) is 1. The number of likely N-dealkylation sites (tertiary alicyclic amines) is 1. The van der Waals surface area contributed by atoms with E-state index in [4.69, 9.17) is 0 Å². The molecule has 100 valence electrons. The zero-order valence-electron chi connectivity index (χ0n) is 11.3. The van der Waals surface area contributed by atoms with Crippen molar-refractivity contribution in [2.24, 2.45) is 5.92 Å². The van der Waals surface area contributed by atoms with E-state index in [0.717, 1.165) is 31.2 Å². The lowest BCUT2D eigenvalue weighted by Gasteiger charge is -2.47. The molecule has 2 aliphatic rings. The third-order valence-electron chi connectivity index (χ3n) is 4.37. The quantitative estimate of drug-likeness (QED) is 0.838. The molecule has 0 aromatic heterocycles. The van der Waals surface area contributed by atoms with Gasteiger partial charge in [0.25, 0.3) is 0 Å². The average Bonchev–Trinajstić information content (AvgIpc) is 2.28. The molecule has 3 heteroatoms. The van der Waals surface area contributed by atoms with Gasteiger partial charge in [-0.15, -0.1) is 0 Å². The molecule has 2 rings (SSSR count). The summed E-state index contributed by atoms with van der Waals surface area (Å²) in [7, 11) is 0. The molecule has 0 radical (unpaired) electrons. The van der Waals surface area contributed by atoms with Crippen molar-refractivity contribution in [2.75, 3.05) is 25.4 Å². The van der Waals surface area contributed by atoms with Crippen LogP contribution in [0, 0.1) is 5.92 Å². The second-order valence-corrected chi connectivity index (χ2v) is 7.70. The Morgan fingerprint density at radius 2 is 2.18 bits per heavy atom. The van der Waals surface area contributed by atoms with Crippen LogP contribution in [-0.2, 0) is 0 Å². The standard InChI is InChI=1S/C14H27NOS/c1-12(2)17-10-9-15-8-7-14(16)6-4-3-5-13(14)11-15/h12-13,16H,3-11H2,1-2H3. The van der Waals surface area contributed by atoms with E-state index in [-0.39, 0.29) is 5.60 Å². The SMILES string of the molecule is CC(C)SCCN1CCC2(O)CCCCC2C1. The van der Waals surface area contributed by atoms with Crippen LogP contribution in [0.5, 0.6) is 0 Å². The molecule has 1 heterocycles. The zero-order chi connectivity index (χ0) is 12.3. The number of nitrogens with zero attached hydrogens (tertiary/aromatic N) is 1. The third-order valence-corrected chi connectivity index (χ3v) is 5.46. The summed E-state index contributed by atoms with van der Waals surface area (Å²) in [4.78, 5) is 2.57. The molecule has 1 saturated heterocycles. The van der Waals surface area contributed by atoms with Gasteiger partial charge in [-0.25, -0.2) is 0 Å². The molecular formula is C14H27NOS. The Hall–Kier alpha value is 0.270. The van der Waals surface area contributed by atoms with Gasteiger partial charge in [-0.05, 0) is 24.5 Å². The highest BCUT2D eigenvalue weighted by atomic mass is 32.2. The van der Waals surface area contributed by atoms with E-state index in [0.29, 0.717) is 5.92 Å². The van der Waals surface area contributed by atoms with E-state index in [1.54, 1.807) is 0 Å². The van der Waals surface area contributed by atoms with Crippen LogP contribution < -0.4 is 0 Å². The third kappa shape index (κ3) is 3.62. The van der Waals surface area contributed by atoms with Gasteiger partial charge >= 0.3 is 0 Å². The number of hydrogen-bond acceptors (Lipinski definition) is 3. The molecule has 0 aromatic rings. The van der Waals surface area contributed by atoms with Crippen LogP contribution in [0.4, 0.5) is 0 Å². The van der Waals surface area contributed by atoms with Crippen LogP contribution in [0.2, 0.25) is 0 Å². The summed E-state index contributed by atoms with van der Waals surface area (Å²) in [6.45, 7) is 7.97. The van der Waals surface area contributed by atoms with Gasteiger partial charge in [-0.1, -0.05) is 26.7 Å². The molecule has 2 fully saturated rings. The highest BCUT2D eigenvalue weighted by molar-refractivity contribution is 7.99. The largest absolute Gasteiger partial charge is 0.390 e. The number of aliphatic hydroxyl groups is 1. The van der Waals surface area contributed by atoms with Crippen molar-refractivity contribution in [3.63, 3.8) is 0 Å². The predicted molar refractivity (Wildman–Crippen MR) is 75.6 cm³/mol. The van der Waals surface area contributed by atoms with Crippen LogP contribution in [-0.4, -0.2) is 46.2 Å². The molecule has 1 N–H and O–H groups in total. The molecule has 1 aliphatic carbocycles. The summed E-state index contributed by atoms with van der Waals surface area (Å²) in [5, 5.41) is 11.3. The highest BCUT2D eigenvalue weighted by Crippen LogP contribution is 2.39. The Morgan fingerprint density at radius 1 is 1.35 bits per heavy atom. The lowest BCUT2D eigenvalue weighted by atomic mass is 9.71. The van der Waals surface area contributed by atoms with E-state index in [1.165, 1.54) is 31.6 Å². The maximum absolute atomic E-state index is 10.6. The maximum atomic E-state index is 10.6. The first-order valence-electron chi connectivity index (χ1n) is 7.16. The summed E-state index contributed by atoms with van der Waals surface area (Å²) in [6.07, 6.45) is 5.85. The molecule has 2 nitrogen and oxygen atoms in total. The van der Waals surface area contributed by atoms with Gasteiger partial charge in [0.2, 0.25) is 0 Å². The summed E-state index contributed by atoms with van der Waals surface area (Å²) in [5.41, 5.74) is -0.306. The highest BCUT2D eigenvalue weighted by Gasteiger charge is 2.42. The van der Waals surface area contributed by atoms with Gasteiger partial charge in [0, 0.05) is 31.3 Å². The number of rotatable bonds is 4. The monoisotopic (exact) mass is 257 g/mol. The minimum atomic E-state index is -0.306. The van der Waals surface area contributed by atoms with Crippen LogP contribution >= 0.6 is 11.8 Å². The molecule has 2 unspecified atom stereocenters. The normalized spacial score (nSPS) is 34.9. The van der Waals surface area contributed by atoms with Crippen LogP contribution in [0.15, 0.2) is 0 Å². The van der Waals surface area contributed by atoms with Crippen molar-refractivity contribution in [3.8, 4) is 0 Å². The average molecular weight is 257 g/mol. The Kier molecular flexibility index (Phi) is 4.79. The van der Waals surface area contributed by atoms with Gasteiger partial charge in [0.15, 0.2) is 0 Å². The maximum Gasteiger partial charge on any atom is 0.0700 e. The fourth-order valence-electron chi connectivity index (χ4n) is 3.26. The lowest BCUT2D eigenvalue weighted by Crippen LogP contribution is -2.53. The summed E-state index contributed by atoms with van der Waals surface area (Å²) < 4.78 is 0.